The molecule has 0 N–H and O–H groups in total. The van der Waals surface area contributed by atoms with Crippen LogP contribution in [0.15, 0.2) is 28.5 Å². The molecule has 0 atom stereocenters. The van der Waals surface area contributed by atoms with Crippen LogP contribution in [-0.2, 0) is 13.1 Å². The standard InChI is InChI=1S/C12H11FN4OS/c1-2-16-9-5-3-4-8(13)11(9)15-10(16)6-17-12(18)19-7-14-17/h3-5,7H,2,6H2,1H3. The van der Waals surface area contributed by atoms with Gasteiger partial charge in [0.15, 0.2) is 5.82 Å². The Kier molecular flexibility index (Phi) is 2.90. The number of imidazole rings is 1. The lowest BCUT2D eigenvalue weighted by Crippen LogP contribution is -2.18. The summed E-state index contributed by atoms with van der Waals surface area (Å²) in [5.74, 6) is 0.284. The largest absolute Gasteiger partial charge is 0.327 e. The van der Waals surface area contributed by atoms with Gasteiger partial charge >= 0.3 is 4.87 Å². The number of halogens is 1. The molecular formula is C12H11FN4OS. The first kappa shape index (κ1) is 12.0. The van der Waals surface area contributed by atoms with Gasteiger partial charge < -0.3 is 4.57 Å². The molecule has 0 radical (unpaired) electrons. The normalized spacial score (nSPS) is 11.3. The molecule has 0 unspecified atom stereocenters. The van der Waals surface area contributed by atoms with Gasteiger partial charge in [-0.15, -0.1) is 0 Å². The highest BCUT2D eigenvalue weighted by molar-refractivity contribution is 7.06. The topological polar surface area (TPSA) is 52.7 Å². The minimum absolute atomic E-state index is 0.143. The SMILES string of the molecule is CCn1c(Cn2ncsc2=O)nc2c(F)cccc21. The highest BCUT2D eigenvalue weighted by atomic mass is 32.1. The molecule has 0 saturated heterocycles. The van der Waals surface area contributed by atoms with Gasteiger partial charge in [-0.05, 0) is 19.1 Å². The van der Waals surface area contributed by atoms with E-state index >= 15 is 0 Å². The smallest absolute Gasteiger partial charge is 0.325 e. The quantitative estimate of drug-likeness (QED) is 0.735. The number of hydrogen-bond donors (Lipinski definition) is 0. The lowest BCUT2D eigenvalue weighted by atomic mass is 10.3. The second kappa shape index (κ2) is 4.58. The van der Waals surface area contributed by atoms with Crippen LogP contribution in [0.1, 0.15) is 12.7 Å². The number of nitrogens with zero attached hydrogens (tertiary/aromatic N) is 4. The molecular weight excluding hydrogens is 267 g/mol. The Balaban J connectivity index is 2.16. The van der Waals surface area contributed by atoms with Gasteiger partial charge in [-0.25, -0.2) is 14.1 Å². The molecule has 3 aromatic rings. The molecule has 0 spiro atoms. The number of fused-ring (bicyclic) bond motifs is 1. The van der Waals surface area contributed by atoms with Crippen molar-refractivity contribution in [2.24, 2.45) is 0 Å². The van der Waals surface area contributed by atoms with Crippen LogP contribution in [0, 0.1) is 5.82 Å². The molecule has 3 rings (SSSR count). The molecule has 0 aliphatic carbocycles. The summed E-state index contributed by atoms with van der Waals surface area (Å²) in [5.41, 5.74) is 2.56. The van der Waals surface area contributed by atoms with Gasteiger partial charge in [0.25, 0.3) is 0 Å². The summed E-state index contributed by atoms with van der Waals surface area (Å²) < 4.78 is 16.9. The lowest BCUT2D eigenvalue weighted by Gasteiger charge is -2.05. The summed E-state index contributed by atoms with van der Waals surface area (Å²) >= 11 is 1.03. The second-order valence-corrected chi connectivity index (χ2v) is 4.84. The van der Waals surface area contributed by atoms with Crippen LogP contribution in [0.25, 0.3) is 11.0 Å². The van der Waals surface area contributed by atoms with Gasteiger partial charge in [-0.3, -0.25) is 4.79 Å². The first-order chi connectivity index (χ1) is 9.20. The van der Waals surface area contributed by atoms with E-state index in [-0.39, 0.29) is 17.2 Å². The number of hydrogen-bond acceptors (Lipinski definition) is 4. The van der Waals surface area contributed by atoms with Crippen molar-refractivity contribution in [3.8, 4) is 0 Å². The molecule has 0 aliphatic rings. The fraction of sp³-hybridized carbons (Fsp3) is 0.250. The molecule has 0 aliphatic heterocycles. The van der Waals surface area contributed by atoms with Crippen LogP contribution in [0.4, 0.5) is 4.39 Å². The van der Waals surface area contributed by atoms with Gasteiger partial charge in [0, 0.05) is 6.54 Å². The number of aryl methyl sites for hydroxylation is 1. The van der Waals surface area contributed by atoms with E-state index in [1.807, 2.05) is 17.6 Å². The van der Waals surface area contributed by atoms with E-state index < -0.39 is 0 Å². The van der Waals surface area contributed by atoms with Gasteiger partial charge in [0.05, 0.1) is 5.52 Å². The minimum atomic E-state index is -0.350. The Bertz CT molecular complexity index is 788. The fourth-order valence-corrected chi connectivity index (χ4v) is 2.59. The molecule has 1 aromatic carbocycles. The first-order valence-electron chi connectivity index (χ1n) is 5.85. The maximum atomic E-state index is 13.7. The molecule has 2 heterocycles. The van der Waals surface area contributed by atoms with Crippen molar-refractivity contribution in [1.82, 2.24) is 19.3 Å². The maximum Gasteiger partial charge on any atom is 0.325 e. The molecule has 2 aromatic heterocycles. The minimum Gasteiger partial charge on any atom is -0.327 e. The first-order valence-corrected chi connectivity index (χ1v) is 6.73. The Labute approximate surface area is 111 Å². The molecule has 19 heavy (non-hydrogen) atoms. The zero-order chi connectivity index (χ0) is 13.4. The van der Waals surface area contributed by atoms with Gasteiger partial charge in [-0.2, -0.15) is 5.10 Å². The second-order valence-electron chi connectivity index (χ2n) is 4.04. The maximum absolute atomic E-state index is 13.7. The van der Waals surface area contributed by atoms with E-state index in [2.05, 4.69) is 10.1 Å². The van der Waals surface area contributed by atoms with E-state index in [9.17, 15) is 9.18 Å². The summed E-state index contributed by atoms with van der Waals surface area (Å²) in [5, 5.41) is 3.95. The molecule has 0 fully saturated rings. The third kappa shape index (κ3) is 1.95. The van der Waals surface area contributed by atoms with Gasteiger partial charge in [-0.1, -0.05) is 17.4 Å². The third-order valence-corrected chi connectivity index (χ3v) is 3.58. The van der Waals surface area contributed by atoms with Crippen molar-refractivity contribution < 1.29 is 4.39 Å². The zero-order valence-corrected chi connectivity index (χ0v) is 11.0. The number of aromatic nitrogens is 4. The summed E-state index contributed by atoms with van der Waals surface area (Å²) in [6.07, 6.45) is 0. The molecule has 0 bridgehead atoms. The van der Waals surface area contributed by atoms with Crippen molar-refractivity contribution in [1.29, 1.82) is 0 Å². The molecule has 0 amide bonds. The van der Waals surface area contributed by atoms with Crippen LogP contribution in [0.5, 0.6) is 0 Å². The van der Waals surface area contributed by atoms with Crippen LogP contribution in [0.3, 0.4) is 0 Å². The zero-order valence-electron chi connectivity index (χ0n) is 10.2. The molecule has 0 saturated carbocycles. The highest BCUT2D eigenvalue weighted by Crippen LogP contribution is 2.19. The van der Waals surface area contributed by atoms with Crippen molar-refractivity contribution in [2.45, 2.75) is 20.0 Å². The Hall–Kier alpha value is -2.02. The van der Waals surface area contributed by atoms with E-state index in [0.717, 1.165) is 16.9 Å². The summed E-state index contributed by atoms with van der Waals surface area (Å²) in [7, 11) is 0. The number of benzene rings is 1. The van der Waals surface area contributed by atoms with E-state index in [1.165, 1.54) is 16.3 Å². The van der Waals surface area contributed by atoms with Gasteiger partial charge in [0.1, 0.15) is 23.4 Å². The summed E-state index contributed by atoms with van der Waals surface area (Å²) in [4.78, 5) is 15.7. The fourth-order valence-electron chi connectivity index (χ4n) is 2.11. The van der Waals surface area contributed by atoms with Crippen LogP contribution in [0.2, 0.25) is 0 Å². The number of rotatable bonds is 3. The number of para-hydroxylation sites is 1. The third-order valence-electron chi connectivity index (χ3n) is 2.97. The monoisotopic (exact) mass is 278 g/mol. The summed E-state index contributed by atoms with van der Waals surface area (Å²) in [6, 6.07) is 4.86. The predicted octanol–water partition coefficient (Wildman–Crippen LogP) is 1.86. The van der Waals surface area contributed by atoms with E-state index in [1.54, 1.807) is 6.07 Å². The molecule has 98 valence electrons. The Morgan fingerprint density at radius 2 is 2.26 bits per heavy atom. The van der Waals surface area contributed by atoms with Crippen molar-refractivity contribution in [2.75, 3.05) is 0 Å². The van der Waals surface area contributed by atoms with Crippen LogP contribution >= 0.6 is 11.3 Å². The molecule has 5 nitrogen and oxygen atoms in total. The average molecular weight is 278 g/mol. The molecule has 7 heteroatoms. The Morgan fingerprint density at radius 1 is 1.42 bits per heavy atom. The van der Waals surface area contributed by atoms with Crippen LogP contribution < -0.4 is 4.87 Å². The lowest BCUT2D eigenvalue weighted by molar-refractivity contribution is 0.601. The van der Waals surface area contributed by atoms with E-state index in [0.29, 0.717) is 17.9 Å². The van der Waals surface area contributed by atoms with Crippen molar-refractivity contribution in [3.05, 3.63) is 45.0 Å². The van der Waals surface area contributed by atoms with Gasteiger partial charge in [0.2, 0.25) is 0 Å². The predicted molar refractivity (Wildman–Crippen MR) is 70.8 cm³/mol. The average Bonchev–Trinajstić information content (AvgIpc) is 2.95. The highest BCUT2D eigenvalue weighted by Gasteiger charge is 2.13. The van der Waals surface area contributed by atoms with E-state index in [4.69, 9.17) is 0 Å². The van der Waals surface area contributed by atoms with Crippen molar-refractivity contribution >= 4 is 22.4 Å². The van der Waals surface area contributed by atoms with Crippen molar-refractivity contribution in [3.63, 3.8) is 0 Å². The summed E-state index contributed by atoms with van der Waals surface area (Å²) in [6.45, 7) is 2.87. The van der Waals surface area contributed by atoms with Crippen LogP contribution in [-0.4, -0.2) is 19.3 Å². The Morgan fingerprint density at radius 3 is 2.95 bits per heavy atom.